The Hall–Kier alpha value is -1.30. The normalized spacial score (nSPS) is 12.0. The number of ether oxygens (including phenoxy) is 1. The van der Waals surface area contributed by atoms with Gasteiger partial charge in [-0.15, -0.1) is 0 Å². The lowest BCUT2D eigenvalue weighted by atomic mass is 10.1. The standard InChI is InChI=1S/C15H15BrClFN2O/c1-21-10-3-5-13(18)14(7-10)20-15(8-19)11-6-9(17)2-4-12(11)16/h2-7,15,20H,8,19H2,1H3. The quantitative estimate of drug-likeness (QED) is 0.818. The van der Waals surface area contributed by atoms with E-state index < -0.39 is 0 Å². The lowest BCUT2D eigenvalue weighted by Crippen LogP contribution is -2.21. The van der Waals surface area contributed by atoms with Crippen LogP contribution in [0.1, 0.15) is 11.6 Å². The van der Waals surface area contributed by atoms with Gasteiger partial charge in [0, 0.05) is 22.1 Å². The zero-order chi connectivity index (χ0) is 15.4. The van der Waals surface area contributed by atoms with Crippen molar-refractivity contribution < 1.29 is 9.13 Å². The van der Waals surface area contributed by atoms with Gasteiger partial charge in [-0.05, 0) is 35.9 Å². The van der Waals surface area contributed by atoms with Gasteiger partial charge in [0.25, 0.3) is 0 Å². The molecule has 2 aromatic carbocycles. The topological polar surface area (TPSA) is 47.3 Å². The largest absolute Gasteiger partial charge is 0.497 e. The Morgan fingerprint density at radius 2 is 2.10 bits per heavy atom. The van der Waals surface area contributed by atoms with Crippen molar-refractivity contribution in [3.8, 4) is 5.75 Å². The summed E-state index contributed by atoms with van der Waals surface area (Å²) in [5.74, 6) is 0.201. The minimum atomic E-state index is -0.368. The predicted molar refractivity (Wildman–Crippen MR) is 87.5 cm³/mol. The van der Waals surface area contributed by atoms with Gasteiger partial charge in [0.2, 0.25) is 0 Å². The third-order valence-electron chi connectivity index (χ3n) is 3.07. The Kier molecular flexibility index (Phi) is 5.45. The number of halogens is 3. The number of rotatable bonds is 5. The highest BCUT2D eigenvalue weighted by Crippen LogP contribution is 2.30. The summed E-state index contributed by atoms with van der Waals surface area (Å²) in [5.41, 5.74) is 7.01. The lowest BCUT2D eigenvalue weighted by molar-refractivity contribution is 0.414. The van der Waals surface area contributed by atoms with Crippen molar-refractivity contribution in [3.63, 3.8) is 0 Å². The molecule has 3 nitrogen and oxygen atoms in total. The zero-order valence-electron chi connectivity index (χ0n) is 11.4. The Labute approximate surface area is 136 Å². The maximum atomic E-state index is 13.9. The van der Waals surface area contributed by atoms with Crippen LogP contribution in [0.25, 0.3) is 0 Å². The highest BCUT2D eigenvalue weighted by Gasteiger charge is 2.15. The maximum absolute atomic E-state index is 13.9. The van der Waals surface area contributed by atoms with Crippen molar-refractivity contribution in [3.05, 3.63) is 57.3 Å². The second-order valence-electron chi connectivity index (χ2n) is 4.44. The van der Waals surface area contributed by atoms with Crippen molar-refractivity contribution in [1.82, 2.24) is 0 Å². The summed E-state index contributed by atoms with van der Waals surface area (Å²) in [6.45, 7) is 0.287. The molecule has 0 aliphatic carbocycles. The number of hydrogen-bond donors (Lipinski definition) is 2. The summed E-state index contributed by atoms with van der Waals surface area (Å²) < 4.78 is 19.9. The number of methoxy groups -OCH3 is 1. The fourth-order valence-corrected chi connectivity index (χ4v) is 2.68. The van der Waals surface area contributed by atoms with Crippen LogP contribution in [0, 0.1) is 5.82 Å². The molecule has 0 saturated heterocycles. The summed E-state index contributed by atoms with van der Waals surface area (Å²) in [6.07, 6.45) is 0. The van der Waals surface area contributed by atoms with Crippen LogP contribution in [-0.4, -0.2) is 13.7 Å². The first kappa shape index (κ1) is 16.1. The van der Waals surface area contributed by atoms with E-state index in [0.717, 1.165) is 10.0 Å². The van der Waals surface area contributed by atoms with E-state index in [2.05, 4.69) is 21.2 Å². The molecule has 2 aromatic rings. The van der Waals surface area contributed by atoms with Gasteiger partial charge in [0.05, 0.1) is 18.8 Å². The summed E-state index contributed by atoms with van der Waals surface area (Å²) in [5, 5.41) is 3.68. The smallest absolute Gasteiger partial charge is 0.146 e. The van der Waals surface area contributed by atoms with Crippen LogP contribution in [0.5, 0.6) is 5.75 Å². The van der Waals surface area contributed by atoms with E-state index >= 15 is 0 Å². The maximum Gasteiger partial charge on any atom is 0.146 e. The second kappa shape index (κ2) is 7.11. The third-order valence-corrected chi connectivity index (χ3v) is 4.03. The molecule has 0 aliphatic heterocycles. The highest BCUT2D eigenvalue weighted by molar-refractivity contribution is 9.10. The fourth-order valence-electron chi connectivity index (χ4n) is 1.97. The number of anilines is 1. The number of nitrogens with two attached hydrogens (primary N) is 1. The van der Waals surface area contributed by atoms with Crippen molar-refractivity contribution in [2.24, 2.45) is 5.73 Å². The highest BCUT2D eigenvalue weighted by atomic mass is 79.9. The predicted octanol–water partition coefficient (Wildman–Crippen LogP) is 4.36. The van der Waals surface area contributed by atoms with E-state index in [1.54, 1.807) is 24.3 Å². The molecular weight excluding hydrogens is 359 g/mol. The minimum Gasteiger partial charge on any atom is -0.497 e. The SMILES string of the molecule is COc1ccc(F)c(NC(CN)c2cc(Cl)ccc2Br)c1. The molecule has 0 amide bonds. The third kappa shape index (κ3) is 3.87. The van der Waals surface area contributed by atoms with E-state index in [9.17, 15) is 4.39 Å². The van der Waals surface area contributed by atoms with E-state index in [-0.39, 0.29) is 18.4 Å². The fraction of sp³-hybridized carbons (Fsp3) is 0.200. The number of benzene rings is 2. The van der Waals surface area contributed by atoms with Gasteiger partial charge in [-0.1, -0.05) is 27.5 Å². The lowest BCUT2D eigenvalue weighted by Gasteiger charge is -2.21. The molecule has 0 aliphatic rings. The summed E-state index contributed by atoms with van der Waals surface area (Å²) in [7, 11) is 1.53. The summed E-state index contributed by atoms with van der Waals surface area (Å²) >= 11 is 9.48. The van der Waals surface area contributed by atoms with Crippen molar-refractivity contribution in [1.29, 1.82) is 0 Å². The molecule has 0 bridgehead atoms. The van der Waals surface area contributed by atoms with Gasteiger partial charge in [0.15, 0.2) is 0 Å². The molecule has 1 unspecified atom stereocenters. The van der Waals surface area contributed by atoms with Gasteiger partial charge in [-0.3, -0.25) is 0 Å². The van der Waals surface area contributed by atoms with E-state index in [1.165, 1.54) is 13.2 Å². The van der Waals surface area contributed by atoms with Crippen molar-refractivity contribution >= 4 is 33.2 Å². The van der Waals surface area contributed by atoms with Gasteiger partial charge >= 0.3 is 0 Å². The zero-order valence-corrected chi connectivity index (χ0v) is 13.7. The Bertz CT molecular complexity index is 639. The molecule has 112 valence electrons. The van der Waals surface area contributed by atoms with E-state index in [4.69, 9.17) is 22.1 Å². The molecule has 0 fully saturated rings. The Morgan fingerprint density at radius 3 is 2.76 bits per heavy atom. The van der Waals surface area contributed by atoms with E-state index in [0.29, 0.717) is 16.5 Å². The number of hydrogen-bond acceptors (Lipinski definition) is 3. The molecule has 3 N–H and O–H groups in total. The first-order valence-electron chi connectivity index (χ1n) is 6.30. The molecule has 1 atom stereocenters. The van der Waals surface area contributed by atoms with Crippen LogP contribution < -0.4 is 15.8 Å². The van der Waals surface area contributed by atoms with Gasteiger partial charge in [0.1, 0.15) is 11.6 Å². The van der Waals surface area contributed by atoms with Crippen LogP contribution in [0.4, 0.5) is 10.1 Å². The average Bonchev–Trinajstić information content (AvgIpc) is 2.49. The molecule has 2 rings (SSSR count). The first-order chi connectivity index (χ1) is 10.0. The molecule has 6 heteroatoms. The van der Waals surface area contributed by atoms with Gasteiger partial charge < -0.3 is 15.8 Å². The molecule has 0 heterocycles. The van der Waals surface area contributed by atoms with E-state index in [1.807, 2.05) is 6.07 Å². The Morgan fingerprint density at radius 1 is 1.33 bits per heavy atom. The molecule has 21 heavy (non-hydrogen) atoms. The Balaban J connectivity index is 2.33. The molecule has 0 spiro atoms. The molecule has 0 saturated carbocycles. The second-order valence-corrected chi connectivity index (χ2v) is 5.74. The van der Waals surface area contributed by atoms with Crippen LogP contribution in [0.3, 0.4) is 0 Å². The monoisotopic (exact) mass is 372 g/mol. The van der Waals surface area contributed by atoms with Gasteiger partial charge in [-0.25, -0.2) is 4.39 Å². The first-order valence-corrected chi connectivity index (χ1v) is 7.47. The minimum absolute atomic E-state index is 0.278. The van der Waals surface area contributed by atoms with Crippen LogP contribution in [-0.2, 0) is 0 Å². The van der Waals surface area contributed by atoms with Crippen molar-refractivity contribution in [2.45, 2.75) is 6.04 Å². The van der Waals surface area contributed by atoms with Crippen molar-refractivity contribution in [2.75, 3.05) is 19.0 Å². The molecular formula is C15H15BrClFN2O. The van der Waals surface area contributed by atoms with Gasteiger partial charge in [-0.2, -0.15) is 0 Å². The number of nitrogens with one attached hydrogen (secondary N) is 1. The van der Waals surface area contributed by atoms with Crippen LogP contribution in [0.15, 0.2) is 40.9 Å². The summed E-state index contributed by atoms with van der Waals surface area (Å²) in [4.78, 5) is 0. The molecule has 0 aromatic heterocycles. The molecule has 0 radical (unpaired) electrons. The van der Waals surface area contributed by atoms with Crippen LogP contribution in [0.2, 0.25) is 5.02 Å². The summed E-state index contributed by atoms with van der Waals surface area (Å²) in [6, 6.07) is 9.64. The van der Waals surface area contributed by atoms with Crippen LogP contribution >= 0.6 is 27.5 Å². The average molecular weight is 374 g/mol.